The quantitative estimate of drug-likeness (QED) is 0.0774. The van der Waals surface area contributed by atoms with Crippen LogP contribution in [-0.2, 0) is 28.2 Å². The van der Waals surface area contributed by atoms with Crippen molar-refractivity contribution < 1.29 is 37.5 Å². The number of aliphatic hydroxyl groups is 1. The molecule has 2 aromatic heterocycles. The average molecular weight is 864 g/mol. The number of ether oxygens (including phenoxy) is 3. The minimum Gasteiger partial charge on any atom is -0.493 e. The van der Waals surface area contributed by atoms with E-state index in [1.54, 1.807) is 24.0 Å². The number of halogens is 2. The molecule has 330 valence electrons. The van der Waals surface area contributed by atoms with Crippen molar-refractivity contribution in [1.29, 1.82) is 0 Å². The van der Waals surface area contributed by atoms with Gasteiger partial charge in [-0.15, -0.1) is 4.68 Å². The van der Waals surface area contributed by atoms with Crippen LogP contribution in [0.25, 0.3) is 5.69 Å². The van der Waals surface area contributed by atoms with Crippen LogP contribution in [0.1, 0.15) is 56.3 Å². The zero-order chi connectivity index (χ0) is 44.3. The van der Waals surface area contributed by atoms with Crippen molar-refractivity contribution in [3.05, 3.63) is 143 Å². The third-order valence-electron chi connectivity index (χ3n) is 12.0. The Morgan fingerprint density at radius 1 is 0.952 bits per heavy atom. The van der Waals surface area contributed by atoms with Crippen molar-refractivity contribution in [3.8, 4) is 17.2 Å². The Balaban J connectivity index is 0.857. The predicted molar refractivity (Wildman–Crippen MR) is 231 cm³/mol. The van der Waals surface area contributed by atoms with Crippen LogP contribution in [0, 0.1) is 24.5 Å². The summed E-state index contributed by atoms with van der Waals surface area (Å²) in [5.74, 6) is -0.552. The smallest absolute Gasteiger partial charge is 0.350 e. The fraction of sp³-hybridized carbons (Fsp3) is 0.383. The number of esters is 1. The fourth-order valence-electron chi connectivity index (χ4n) is 8.74. The topological polar surface area (TPSA) is 133 Å². The molecule has 2 aliphatic heterocycles. The number of benzene rings is 4. The number of piperazine rings is 1. The van der Waals surface area contributed by atoms with E-state index >= 15 is 4.39 Å². The van der Waals surface area contributed by atoms with Crippen LogP contribution >= 0.6 is 0 Å². The molecule has 0 saturated carbocycles. The molecule has 0 amide bonds. The summed E-state index contributed by atoms with van der Waals surface area (Å²) in [4.78, 5) is 29.2. The van der Waals surface area contributed by atoms with E-state index in [1.807, 2.05) is 73.3 Å². The van der Waals surface area contributed by atoms with E-state index in [0.29, 0.717) is 44.1 Å². The second kappa shape index (κ2) is 18.5. The summed E-state index contributed by atoms with van der Waals surface area (Å²) in [6, 6.07) is 24.8. The van der Waals surface area contributed by atoms with Gasteiger partial charge in [-0.05, 0) is 105 Å². The first kappa shape index (κ1) is 43.3. The second-order valence-electron chi connectivity index (χ2n) is 16.5. The lowest BCUT2D eigenvalue weighted by atomic mass is 9.87. The van der Waals surface area contributed by atoms with Gasteiger partial charge in [0.2, 0.25) is 6.33 Å². The van der Waals surface area contributed by atoms with E-state index in [2.05, 4.69) is 32.1 Å². The molecule has 0 aliphatic carbocycles. The average Bonchev–Trinajstić information content (AvgIpc) is 4.00. The molecule has 4 aromatic carbocycles. The first-order valence-electron chi connectivity index (χ1n) is 21.3. The highest BCUT2D eigenvalue weighted by molar-refractivity contribution is 5.69. The van der Waals surface area contributed by atoms with E-state index in [9.17, 15) is 19.1 Å². The van der Waals surface area contributed by atoms with Gasteiger partial charge in [0.1, 0.15) is 41.6 Å². The molecule has 4 atom stereocenters. The maximum Gasteiger partial charge on any atom is 0.350 e. The van der Waals surface area contributed by atoms with E-state index in [1.165, 1.54) is 34.6 Å². The van der Waals surface area contributed by atoms with E-state index in [4.69, 9.17) is 14.2 Å². The number of aryl methyl sites for hydroxylation is 1. The number of aliphatic hydroxyl groups excluding tert-OH is 1. The number of carbonyl (C=O) groups excluding carboxylic acids is 1. The lowest BCUT2D eigenvalue weighted by molar-refractivity contribution is -0.689. The Bertz CT molecular complexity index is 2590. The molecule has 8 rings (SSSR count). The highest BCUT2D eigenvalue weighted by Crippen LogP contribution is 2.42. The summed E-state index contributed by atoms with van der Waals surface area (Å²) >= 11 is 0. The van der Waals surface area contributed by atoms with Gasteiger partial charge in [0.15, 0.2) is 0 Å². The zero-order valence-electron chi connectivity index (χ0n) is 35.9. The van der Waals surface area contributed by atoms with Gasteiger partial charge in [-0.25, -0.2) is 27.4 Å². The highest BCUT2D eigenvalue weighted by Gasteiger charge is 2.46. The second-order valence-corrected chi connectivity index (χ2v) is 16.5. The van der Waals surface area contributed by atoms with Crippen molar-refractivity contribution in [2.24, 2.45) is 5.92 Å². The van der Waals surface area contributed by atoms with Crippen LogP contribution < -0.4 is 29.5 Å². The van der Waals surface area contributed by atoms with Crippen LogP contribution in [0.2, 0.25) is 0 Å². The fourth-order valence-corrected chi connectivity index (χ4v) is 8.74. The Hall–Kier alpha value is -6.39. The number of anilines is 2. The van der Waals surface area contributed by atoms with Crippen molar-refractivity contribution >= 4 is 17.3 Å². The van der Waals surface area contributed by atoms with Crippen LogP contribution in [0.4, 0.5) is 20.2 Å². The van der Waals surface area contributed by atoms with Crippen molar-refractivity contribution in [2.75, 3.05) is 49.2 Å². The van der Waals surface area contributed by atoms with E-state index in [-0.39, 0.29) is 35.7 Å². The molecule has 0 radical (unpaired) electrons. The number of rotatable bonds is 15. The standard InChI is InChI=1S/C47H53F2N8O6/c1-5-44(33(3)58)57-46(60)56(30-51-57)40-10-8-38(9-11-40)53-18-20-54(21-19-53)39-12-14-41(15-13-39)61-26-36-24-47(62-27-36,42-16-7-37(48)23-43(42)49)28-55-31-52(29-50-55)25-35-6-17-45(32(2)22-35)63-34(4)59/h6-17,22-23,29-31,33,36,44,58H,5,18-21,24-28H2,1-4H3/q+1/t33-,36+,44-,47-/m0/s1. The van der Waals surface area contributed by atoms with Crippen molar-refractivity contribution in [1.82, 2.24) is 24.1 Å². The van der Waals surface area contributed by atoms with Crippen LogP contribution in [0.15, 0.2) is 109 Å². The number of aromatic nitrogens is 6. The number of carbonyl (C=O) groups is 1. The molecule has 0 bridgehead atoms. The summed E-state index contributed by atoms with van der Waals surface area (Å²) in [5, 5.41) is 18.9. The van der Waals surface area contributed by atoms with Crippen molar-refractivity contribution in [2.45, 2.75) is 71.4 Å². The van der Waals surface area contributed by atoms with Gasteiger partial charge < -0.3 is 29.1 Å². The van der Waals surface area contributed by atoms with E-state index in [0.717, 1.165) is 60.4 Å². The molecule has 0 unspecified atom stereocenters. The lowest BCUT2D eigenvalue weighted by Gasteiger charge is -2.37. The maximum absolute atomic E-state index is 15.5. The van der Waals surface area contributed by atoms with Crippen molar-refractivity contribution in [3.63, 3.8) is 0 Å². The molecule has 1 N–H and O–H groups in total. The van der Waals surface area contributed by atoms with E-state index < -0.39 is 23.3 Å². The van der Waals surface area contributed by atoms with Gasteiger partial charge in [-0.3, -0.25) is 4.79 Å². The molecule has 14 nitrogen and oxygen atoms in total. The summed E-state index contributed by atoms with van der Waals surface area (Å²) in [7, 11) is 0. The minimum atomic E-state index is -1.10. The van der Waals surface area contributed by atoms with Gasteiger partial charge in [0.25, 0.3) is 6.33 Å². The zero-order valence-corrected chi connectivity index (χ0v) is 35.9. The maximum atomic E-state index is 15.5. The monoisotopic (exact) mass is 863 g/mol. The first-order valence-corrected chi connectivity index (χ1v) is 21.3. The molecule has 63 heavy (non-hydrogen) atoms. The molecule has 16 heteroatoms. The molecule has 0 spiro atoms. The summed E-state index contributed by atoms with van der Waals surface area (Å²) in [6.45, 7) is 11.5. The third kappa shape index (κ3) is 9.66. The van der Waals surface area contributed by atoms with Crippen LogP contribution in [-0.4, -0.2) is 80.7 Å². The SMILES string of the molecule is CC[C@@H]([C@H](C)O)n1ncn(-c2ccc(N3CCN(c4ccc(OC[C@@H]5CO[C@@](Cn6c[n+](Cc7ccc(OC(C)=O)c(C)c7)cn6)(c6ccc(F)cc6F)C5)cc4)CC3)cc2)c1=O. The lowest BCUT2D eigenvalue weighted by Crippen LogP contribution is -2.46. The largest absolute Gasteiger partial charge is 0.493 e. The third-order valence-corrected chi connectivity index (χ3v) is 12.0. The normalized spacial score (nSPS) is 18.7. The molecular formula is C47H53F2N8O6+. The molecule has 2 saturated heterocycles. The predicted octanol–water partition coefficient (Wildman–Crippen LogP) is 5.75. The Kier molecular flexibility index (Phi) is 12.7. The molecule has 4 heterocycles. The Morgan fingerprint density at radius 2 is 1.63 bits per heavy atom. The van der Waals surface area contributed by atoms with Gasteiger partial charge in [0, 0.05) is 67.1 Å². The number of hydrogen-bond donors (Lipinski definition) is 1. The number of nitrogens with zero attached hydrogens (tertiary/aromatic N) is 8. The van der Waals surface area contributed by atoms with Gasteiger partial charge in [-0.2, -0.15) is 5.10 Å². The molecule has 6 aromatic rings. The van der Waals surface area contributed by atoms with Crippen LogP contribution in [0.3, 0.4) is 0 Å². The summed E-state index contributed by atoms with van der Waals surface area (Å²) in [6.07, 6.45) is 5.36. The molecule has 2 aliphatic rings. The summed E-state index contributed by atoms with van der Waals surface area (Å²) < 4.78 is 54.0. The molecule has 2 fully saturated rings. The Labute approximate surface area is 364 Å². The Morgan fingerprint density at radius 3 is 2.27 bits per heavy atom. The van der Waals surface area contributed by atoms with Gasteiger partial charge in [0.05, 0.1) is 37.6 Å². The minimum absolute atomic E-state index is 0.0696. The summed E-state index contributed by atoms with van der Waals surface area (Å²) in [5.41, 5.74) is 3.59. The first-order chi connectivity index (χ1) is 30.4. The van der Waals surface area contributed by atoms with Crippen LogP contribution in [0.5, 0.6) is 11.5 Å². The highest BCUT2D eigenvalue weighted by atomic mass is 19.1. The molecular weight excluding hydrogens is 811 g/mol. The van der Waals surface area contributed by atoms with Gasteiger partial charge in [-0.1, -0.05) is 19.1 Å². The van der Waals surface area contributed by atoms with Gasteiger partial charge >= 0.3 is 11.7 Å². The number of hydrogen-bond acceptors (Lipinski definition) is 10.